The van der Waals surface area contributed by atoms with Crippen molar-refractivity contribution in [3.8, 4) is 17.2 Å². The van der Waals surface area contributed by atoms with Gasteiger partial charge in [0.25, 0.3) is 0 Å². The van der Waals surface area contributed by atoms with Crippen LogP contribution in [0.25, 0.3) is 6.08 Å². The van der Waals surface area contributed by atoms with Crippen molar-refractivity contribution in [3.05, 3.63) is 23.3 Å². The van der Waals surface area contributed by atoms with Gasteiger partial charge in [0.2, 0.25) is 0 Å². The number of benzene rings is 1. The van der Waals surface area contributed by atoms with Crippen LogP contribution in [-0.2, 0) is 6.42 Å². The van der Waals surface area contributed by atoms with Gasteiger partial charge in [-0.15, -0.1) is 0 Å². The predicted molar refractivity (Wildman–Crippen MR) is 70.6 cm³/mol. The molecule has 0 aromatic heterocycles. The number of ether oxygens (including phenoxy) is 3. The van der Waals surface area contributed by atoms with Crippen LogP contribution in [0.3, 0.4) is 0 Å². The highest BCUT2D eigenvalue weighted by atomic mass is 16.5. The lowest BCUT2D eigenvalue weighted by molar-refractivity contribution is 0.0831. The second-order valence-electron chi connectivity index (χ2n) is 5.37. The summed E-state index contributed by atoms with van der Waals surface area (Å²) in [7, 11) is 1.71. The van der Waals surface area contributed by atoms with Crippen LogP contribution in [0.5, 0.6) is 17.2 Å². The molecule has 18 heavy (non-hydrogen) atoms. The van der Waals surface area contributed by atoms with Crippen LogP contribution in [0, 0.1) is 0 Å². The number of hydrogen-bond acceptors (Lipinski definition) is 3. The highest BCUT2D eigenvalue weighted by Crippen LogP contribution is 2.45. The summed E-state index contributed by atoms with van der Waals surface area (Å²) in [6.45, 7) is 4.84. The molecule has 0 fully saturated rings. The van der Waals surface area contributed by atoms with E-state index >= 15 is 0 Å². The Balaban J connectivity index is 2.16. The van der Waals surface area contributed by atoms with Crippen molar-refractivity contribution >= 4 is 6.08 Å². The van der Waals surface area contributed by atoms with E-state index in [-0.39, 0.29) is 5.60 Å². The van der Waals surface area contributed by atoms with Gasteiger partial charge in [-0.05, 0) is 38.8 Å². The Bertz CT molecular complexity index is 515. The largest absolute Gasteiger partial charge is 0.496 e. The highest BCUT2D eigenvalue weighted by molar-refractivity contribution is 5.71. The average Bonchev–Trinajstić information content (AvgIpc) is 2.34. The topological polar surface area (TPSA) is 27.7 Å². The molecule has 3 heteroatoms. The fourth-order valence-corrected chi connectivity index (χ4v) is 2.59. The molecule has 0 aliphatic carbocycles. The molecule has 0 saturated heterocycles. The molecule has 0 atom stereocenters. The summed E-state index contributed by atoms with van der Waals surface area (Å²) in [6, 6.07) is 2.00. The Morgan fingerprint density at radius 1 is 1.28 bits per heavy atom. The van der Waals surface area contributed by atoms with Gasteiger partial charge in [0, 0.05) is 11.6 Å². The fraction of sp³-hybridized carbons (Fsp3) is 0.467. The molecular formula is C15H18O3. The summed E-state index contributed by atoms with van der Waals surface area (Å²) < 4.78 is 17.3. The first kappa shape index (κ1) is 11.5. The lowest BCUT2D eigenvalue weighted by Crippen LogP contribution is -2.32. The van der Waals surface area contributed by atoms with Gasteiger partial charge >= 0.3 is 0 Å². The van der Waals surface area contributed by atoms with Crippen molar-refractivity contribution in [2.75, 3.05) is 13.7 Å². The summed E-state index contributed by atoms with van der Waals surface area (Å²) in [5.41, 5.74) is 2.08. The van der Waals surface area contributed by atoms with E-state index < -0.39 is 0 Å². The zero-order valence-electron chi connectivity index (χ0n) is 11.1. The summed E-state index contributed by atoms with van der Waals surface area (Å²) in [4.78, 5) is 0. The lowest BCUT2D eigenvalue weighted by atomic mass is 9.91. The van der Waals surface area contributed by atoms with E-state index in [1.807, 2.05) is 12.1 Å². The SMILES string of the molecule is COc1c2c(cc3c1CCC(C)(C)O3)OCC=C2. The maximum Gasteiger partial charge on any atom is 0.136 e. The molecule has 0 unspecified atom stereocenters. The van der Waals surface area contributed by atoms with Crippen LogP contribution in [0.15, 0.2) is 12.1 Å². The molecule has 0 bridgehead atoms. The van der Waals surface area contributed by atoms with Crippen LogP contribution in [-0.4, -0.2) is 19.3 Å². The van der Waals surface area contributed by atoms with Crippen molar-refractivity contribution < 1.29 is 14.2 Å². The van der Waals surface area contributed by atoms with Gasteiger partial charge in [-0.3, -0.25) is 0 Å². The van der Waals surface area contributed by atoms with Gasteiger partial charge in [-0.25, -0.2) is 0 Å². The Kier molecular flexibility index (Phi) is 2.51. The van der Waals surface area contributed by atoms with Crippen LogP contribution in [0.1, 0.15) is 31.4 Å². The number of rotatable bonds is 1. The number of methoxy groups -OCH3 is 1. The summed E-state index contributed by atoms with van der Waals surface area (Å²) in [5.74, 6) is 2.65. The molecule has 0 saturated carbocycles. The summed E-state index contributed by atoms with van der Waals surface area (Å²) >= 11 is 0. The monoisotopic (exact) mass is 246 g/mol. The maximum atomic E-state index is 6.04. The molecule has 3 nitrogen and oxygen atoms in total. The standard InChI is InChI=1S/C15H18O3/c1-15(2)7-6-11-13(18-15)9-12-10(14(11)16-3)5-4-8-17-12/h4-5,9H,6-8H2,1-3H3. The quantitative estimate of drug-likeness (QED) is 0.761. The van der Waals surface area contributed by atoms with Gasteiger partial charge in [-0.2, -0.15) is 0 Å². The molecule has 0 amide bonds. The van der Waals surface area contributed by atoms with Crippen molar-refractivity contribution in [2.45, 2.75) is 32.3 Å². The second kappa shape index (κ2) is 3.94. The lowest BCUT2D eigenvalue weighted by Gasteiger charge is -2.34. The van der Waals surface area contributed by atoms with Crippen LogP contribution < -0.4 is 14.2 Å². The molecule has 3 rings (SSSR count). The molecule has 2 aliphatic heterocycles. The Labute approximate surface area is 107 Å². The van der Waals surface area contributed by atoms with E-state index in [1.165, 1.54) is 0 Å². The van der Waals surface area contributed by atoms with Gasteiger partial charge in [0.05, 0.1) is 12.7 Å². The van der Waals surface area contributed by atoms with Crippen LogP contribution in [0.2, 0.25) is 0 Å². The number of hydrogen-bond donors (Lipinski definition) is 0. The van der Waals surface area contributed by atoms with Crippen molar-refractivity contribution in [2.24, 2.45) is 0 Å². The Morgan fingerprint density at radius 3 is 2.89 bits per heavy atom. The van der Waals surface area contributed by atoms with Gasteiger partial charge < -0.3 is 14.2 Å². The van der Waals surface area contributed by atoms with E-state index in [4.69, 9.17) is 14.2 Å². The van der Waals surface area contributed by atoms with Gasteiger partial charge in [0.1, 0.15) is 29.5 Å². The maximum absolute atomic E-state index is 6.04. The number of fused-ring (bicyclic) bond motifs is 2. The van der Waals surface area contributed by atoms with Crippen LogP contribution in [0.4, 0.5) is 0 Å². The molecule has 0 N–H and O–H groups in total. The molecule has 2 heterocycles. The smallest absolute Gasteiger partial charge is 0.136 e. The molecule has 0 spiro atoms. The Morgan fingerprint density at radius 2 is 2.11 bits per heavy atom. The normalized spacial score (nSPS) is 19.3. The van der Waals surface area contributed by atoms with E-state index in [9.17, 15) is 0 Å². The van der Waals surface area contributed by atoms with E-state index in [1.54, 1.807) is 7.11 Å². The first-order valence-corrected chi connectivity index (χ1v) is 6.33. The third kappa shape index (κ3) is 1.74. The minimum Gasteiger partial charge on any atom is -0.496 e. The molecule has 96 valence electrons. The van der Waals surface area contributed by atoms with Crippen LogP contribution >= 0.6 is 0 Å². The molecule has 0 radical (unpaired) electrons. The third-order valence-corrected chi connectivity index (χ3v) is 3.53. The fourth-order valence-electron chi connectivity index (χ4n) is 2.59. The van der Waals surface area contributed by atoms with Gasteiger partial charge in [0.15, 0.2) is 0 Å². The minimum absolute atomic E-state index is 0.114. The zero-order valence-corrected chi connectivity index (χ0v) is 11.1. The van der Waals surface area contributed by atoms with E-state index in [0.717, 1.165) is 41.2 Å². The van der Waals surface area contributed by atoms with Crippen molar-refractivity contribution in [1.29, 1.82) is 0 Å². The first-order valence-electron chi connectivity index (χ1n) is 6.33. The second-order valence-corrected chi connectivity index (χ2v) is 5.37. The third-order valence-electron chi connectivity index (χ3n) is 3.53. The zero-order chi connectivity index (χ0) is 12.8. The first-order chi connectivity index (χ1) is 8.61. The minimum atomic E-state index is -0.114. The van der Waals surface area contributed by atoms with Crippen molar-refractivity contribution in [1.82, 2.24) is 0 Å². The van der Waals surface area contributed by atoms with Crippen molar-refractivity contribution in [3.63, 3.8) is 0 Å². The molecule has 1 aromatic carbocycles. The Hall–Kier alpha value is -1.64. The van der Waals surface area contributed by atoms with E-state index in [0.29, 0.717) is 6.61 Å². The predicted octanol–water partition coefficient (Wildman–Crippen LogP) is 3.20. The highest BCUT2D eigenvalue weighted by Gasteiger charge is 2.31. The molecule has 1 aromatic rings. The summed E-state index contributed by atoms with van der Waals surface area (Å²) in [5, 5.41) is 0. The summed E-state index contributed by atoms with van der Waals surface area (Å²) in [6.07, 6.45) is 6.05. The van der Waals surface area contributed by atoms with E-state index in [2.05, 4.69) is 19.9 Å². The average molecular weight is 246 g/mol. The molecule has 2 aliphatic rings. The molecular weight excluding hydrogens is 228 g/mol. The van der Waals surface area contributed by atoms with Gasteiger partial charge in [-0.1, -0.05) is 0 Å².